The molecule has 1 unspecified atom stereocenters. The van der Waals surface area contributed by atoms with E-state index in [4.69, 9.17) is 5.11 Å². The van der Waals surface area contributed by atoms with Crippen LogP contribution in [0.1, 0.15) is 25.3 Å². The lowest BCUT2D eigenvalue weighted by atomic mass is 10.0. The van der Waals surface area contributed by atoms with Gasteiger partial charge in [0.25, 0.3) is 0 Å². The van der Waals surface area contributed by atoms with Gasteiger partial charge in [-0.05, 0) is 42.0 Å². The molecule has 18 heavy (non-hydrogen) atoms. The summed E-state index contributed by atoms with van der Waals surface area (Å²) in [7, 11) is 0. The molecule has 0 saturated heterocycles. The van der Waals surface area contributed by atoms with Gasteiger partial charge in [0, 0.05) is 19.3 Å². The fourth-order valence-electron chi connectivity index (χ4n) is 2.04. The summed E-state index contributed by atoms with van der Waals surface area (Å²) in [5.41, 5.74) is 2.30. The predicted octanol–water partition coefficient (Wildman–Crippen LogP) is 2.79. The predicted molar refractivity (Wildman–Crippen MR) is 76.8 cm³/mol. The summed E-state index contributed by atoms with van der Waals surface area (Å²) in [5, 5.41) is 14.5. The molecule has 0 spiro atoms. The van der Waals surface area contributed by atoms with E-state index >= 15 is 0 Å². The Balaban J connectivity index is 1.85. The van der Waals surface area contributed by atoms with Gasteiger partial charge in [-0.25, -0.2) is 0 Å². The fourth-order valence-corrected chi connectivity index (χ4v) is 2.84. The maximum absolute atomic E-state index is 8.94. The second-order valence-corrected chi connectivity index (χ2v) is 5.51. The molecule has 2 aromatic heterocycles. The summed E-state index contributed by atoms with van der Waals surface area (Å²) in [5.74, 6) is 0.563. The highest BCUT2D eigenvalue weighted by molar-refractivity contribution is 7.17. The molecule has 0 amide bonds. The number of thiophene rings is 1. The van der Waals surface area contributed by atoms with E-state index in [2.05, 4.69) is 28.7 Å². The van der Waals surface area contributed by atoms with Gasteiger partial charge < -0.3 is 10.4 Å². The van der Waals surface area contributed by atoms with Gasteiger partial charge >= 0.3 is 0 Å². The minimum atomic E-state index is 0.281. The third-order valence-corrected chi connectivity index (χ3v) is 4.09. The number of fused-ring (bicyclic) bond motifs is 1. The van der Waals surface area contributed by atoms with Gasteiger partial charge in [-0.3, -0.25) is 4.98 Å². The fraction of sp³-hybridized carbons (Fsp3) is 0.500. The maximum atomic E-state index is 8.94. The molecule has 2 rings (SSSR count). The second kappa shape index (κ2) is 6.83. The standard InChI is InChI=1S/C14H20N2OS/c1-2-11(3-5-17)8-15-9-12-7-14-13(16-10-12)4-6-18-14/h4,6-7,10-11,15,17H,2-3,5,8-9H2,1H3. The number of aliphatic hydroxyl groups excluding tert-OH is 1. The van der Waals surface area contributed by atoms with Crippen LogP contribution >= 0.6 is 11.3 Å². The Labute approximate surface area is 112 Å². The van der Waals surface area contributed by atoms with Gasteiger partial charge in [0.15, 0.2) is 0 Å². The van der Waals surface area contributed by atoms with E-state index in [1.807, 2.05) is 12.3 Å². The molecule has 0 aliphatic heterocycles. The van der Waals surface area contributed by atoms with Crippen LogP contribution in [0.25, 0.3) is 10.2 Å². The summed E-state index contributed by atoms with van der Waals surface area (Å²) in [6.07, 6.45) is 3.93. The van der Waals surface area contributed by atoms with Crippen molar-refractivity contribution in [3.63, 3.8) is 0 Å². The molecule has 1 atom stereocenters. The van der Waals surface area contributed by atoms with Crippen LogP contribution in [0, 0.1) is 5.92 Å². The van der Waals surface area contributed by atoms with Crippen LogP contribution in [0.5, 0.6) is 0 Å². The molecule has 0 aromatic carbocycles. The van der Waals surface area contributed by atoms with Gasteiger partial charge in [-0.15, -0.1) is 11.3 Å². The highest BCUT2D eigenvalue weighted by atomic mass is 32.1. The molecule has 0 aliphatic rings. The van der Waals surface area contributed by atoms with Gasteiger partial charge in [0.1, 0.15) is 0 Å². The van der Waals surface area contributed by atoms with Crippen molar-refractivity contribution in [2.24, 2.45) is 5.92 Å². The third kappa shape index (κ3) is 3.51. The first-order valence-electron chi connectivity index (χ1n) is 6.47. The maximum Gasteiger partial charge on any atom is 0.0809 e. The average Bonchev–Trinajstić information content (AvgIpc) is 2.85. The Morgan fingerprint density at radius 1 is 1.50 bits per heavy atom. The normalized spacial score (nSPS) is 13.0. The van der Waals surface area contributed by atoms with E-state index < -0.39 is 0 Å². The van der Waals surface area contributed by atoms with Crippen LogP contribution in [0.4, 0.5) is 0 Å². The van der Waals surface area contributed by atoms with Crippen LogP contribution in [0.3, 0.4) is 0 Å². The quantitative estimate of drug-likeness (QED) is 0.808. The Kier molecular flexibility index (Phi) is 5.11. The minimum Gasteiger partial charge on any atom is -0.396 e. The summed E-state index contributed by atoms with van der Waals surface area (Å²) in [4.78, 5) is 4.43. The van der Waals surface area contributed by atoms with E-state index in [1.165, 1.54) is 10.3 Å². The van der Waals surface area contributed by atoms with Crippen LogP contribution in [0.15, 0.2) is 23.7 Å². The molecule has 0 bridgehead atoms. The summed E-state index contributed by atoms with van der Waals surface area (Å²) >= 11 is 1.73. The topological polar surface area (TPSA) is 45.1 Å². The Morgan fingerprint density at radius 3 is 3.17 bits per heavy atom. The lowest BCUT2D eigenvalue weighted by Gasteiger charge is -2.14. The second-order valence-electron chi connectivity index (χ2n) is 4.56. The molecular formula is C14H20N2OS. The lowest BCUT2D eigenvalue weighted by molar-refractivity contribution is 0.251. The first-order valence-corrected chi connectivity index (χ1v) is 7.35. The SMILES string of the molecule is CCC(CCO)CNCc1cnc2ccsc2c1. The number of nitrogens with zero attached hydrogens (tertiary/aromatic N) is 1. The molecule has 0 radical (unpaired) electrons. The summed E-state index contributed by atoms with van der Waals surface area (Å²) in [6.45, 7) is 4.26. The lowest BCUT2D eigenvalue weighted by Crippen LogP contribution is -2.22. The first-order chi connectivity index (χ1) is 8.83. The van der Waals surface area contributed by atoms with Crippen LogP contribution in [-0.2, 0) is 6.54 Å². The number of nitrogens with one attached hydrogen (secondary N) is 1. The summed E-state index contributed by atoms with van der Waals surface area (Å²) < 4.78 is 1.25. The van der Waals surface area contributed by atoms with Crippen molar-refractivity contribution in [2.75, 3.05) is 13.2 Å². The molecular weight excluding hydrogens is 244 g/mol. The van der Waals surface area contributed by atoms with Crippen molar-refractivity contribution in [1.82, 2.24) is 10.3 Å². The average molecular weight is 264 g/mol. The number of hydrogen-bond acceptors (Lipinski definition) is 4. The molecule has 4 heteroatoms. The van der Waals surface area contributed by atoms with Crippen molar-refractivity contribution in [2.45, 2.75) is 26.3 Å². The Bertz CT molecular complexity index is 483. The third-order valence-electron chi connectivity index (χ3n) is 3.24. The van der Waals surface area contributed by atoms with Gasteiger partial charge in [-0.1, -0.05) is 13.3 Å². The van der Waals surface area contributed by atoms with Crippen molar-refractivity contribution in [3.05, 3.63) is 29.3 Å². The zero-order valence-electron chi connectivity index (χ0n) is 10.7. The smallest absolute Gasteiger partial charge is 0.0809 e. The van der Waals surface area contributed by atoms with Crippen LogP contribution < -0.4 is 5.32 Å². The van der Waals surface area contributed by atoms with Crippen molar-refractivity contribution in [1.29, 1.82) is 0 Å². The highest BCUT2D eigenvalue weighted by Gasteiger charge is 2.05. The Hall–Kier alpha value is -0.970. The number of rotatable bonds is 7. The number of hydrogen-bond donors (Lipinski definition) is 2. The van der Waals surface area contributed by atoms with Crippen molar-refractivity contribution < 1.29 is 5.11 Å². The molecule has 2 aromatic rings. The van der Waals surface area contributed by atoms with E-state index in [0.717, 1.165) is 31.4 Å². The van der Waals surface area contributed by atoms with Gasteiger partial charge in [0.2, 0.25) is 0 Å². The molecule has 3 nitrogen and oxygen atoms in total. The van der Waals surface area contributed by atoms with Crippen LogP contribution in [-0.4, -0.2) is 23.2 Å². The van der Waals surface area contributed by atoms with Crippen LogP contribution in [0.2, 0.25) is 0 Å². The molecule has 0 saturated carbocycles. The zero-order valence-corrected chi connectivity index (χ0v) is 11.5. The van der Waals surface area contributed by atoms with E-state index in [9.17, 15) is 0 Å². The van der Waals surface area contributed by atoms with Gasteiger partial charge in [0.05, 0.1) is 10.2 Å². The van der Waals surface area contributed by atoms with E-state index in [-0.39, 0.29) is 6.61 Å². The number of aromatic nitrogens is 1. The summed E-state index contributed by atoms with van der Waals surface area (Å²) in [6, 6.07) is 4.25. The Morgan fingerprint density at radius 2 is 2.39 bits per heavy atom. The largest absolute Gasteiger partial charge is 0.396 e. The first kappa shape index (κ1) is 13.5. The zero-order chi connectivity index (χ0) is 12.8. The van der Waals surface area contributed by atoms with E-state index in [1.54, 1.807) is 11.3 Å². The molecule has 0 fully saturated rings. The van der Waals surface area contributed by atoms with E-state index in [0.29, 0.717) is 5.92 Å². The number of aliphatic hydroxyl groups is 1. The minimum absolute atomic E-state index is 0.281. The highest BCUT2D eigenvalue weighted by Crippen LogP contribution is 2.19. The molecule has 0 aliphatic carbocycles. The van der Waals surface area contributed by atoms with Crippen molar-refractivity contribution in [3.8, 4) is 0 Å². The van der Waals surface area contributed by atoms with Crippen molar-refractivity contribution >= 4 is 21.6 Å². The molecule has 98 valence electrons. The monoisotopic (exact) mass is 264 g/mol. The van der Waals surface area contributed by atoms with Gasteiger partial charge in [-0.2, -0.15) is 0 Å². The molecule has 2 N–H and O–H groups in total. The molecule has 2 heterocycles. The number of pyridine rings is 1.